The molecule has 3 heterocycles. The lowest BCUT2D eigenvalue weighted by Gasteiger charge is -2.41. The first-order chi connectivity index (χ1) is 29.1. The summed E-state index contributed by atoms with van der Waals surface area (Å²) < 4.78 is 34.7. The average Bonchev–Trinajstić information content (AvgIpc) is 3.51. The van der Waals surface area contributed by atoms with E-state index >= 15 is 0 Å². The van der Waals surface area contributed by atoms with Crippen LogP contribution in [0, 0.1) is 18.7 Å². The van der Waals surface area contributed by atoms with Crippen LogP contribution in [0.2, 0.25) is 0 Å². The topological polar surface area (TPSA) is 99.0 Å². The molecule has 2 saturated heterocycles. The zero-order valence-electron chi connectivity index (χ0n) is 37.5. The fourth-order valence-electron chi connectivity index (χ4n) is 8.74. The van der Waals surface area contributed by atoms with Crippen molar-refractivity contribution < 1.29 is 33.3 Å². The standard InChI is InChI=1S/C38H46FNO4.C12H17N.C2H4O2/c1-24(2)35-25(3)34(29-14-13-26-11-9-10-12-28(26)21-29)36(27-15-17-30(39)18-16-27)40(35)20-19-31-22-32(43-38(7,8)42-31)23-33(41)44-37(4,5)6;1-2-4-11(5-3-1)10-12-6-8-13-9-7-12;3-1-2-4/h9-18,21,24,31-32H,19-20,22-23H2,1-8H3;1-5,12-13H,6-10H2;1,4H,2H2/t31-,32-;;/m1../s1. The van der Waals surface area contributed by atoms with E-state index in [4.69, 9.17) is 24.1 Å². The molecule has 2 aliphatic rings. The van der Waals surface area contributed by atoms with E-state index in [9.17, 15) is 9.18 Å². The molecule has 0 aliphatic carbocycles. The van der Waals surface area contributed by atoms with Crippen LogP contribution in [-0.4, -0.2) is 65.2 Å². The Balaban J connectivity index is 0.000000343. The number of aldehydes is 1. The normalized spacial score (nSPS) is 17.8. The molecule has 9 heteroatoms. The Labute approximate surface area is 362 Å². The zero-order chi connectivity index (χ0) is 44.2. The number of aliphatic hydroxyl groups excluding tert-OH is 1. The summed E-state index contributed by atoms with van der Waals surface area (Å²) in [7, 11) is 0. The van der Waals surface area contributed by atoms with Crippen LogP contribution < -0.4 is 5.32 Å². The molecule has 0 bridgehead atoms. The van der Waals surface area contributed by atoms with Gasteiger partial charge in [0.1, 0.15) is 17.7 Å². The highest BCUT2D eigenvalue weighted by atomic mass is 19.1. The number of nitrogens with one attached hydrogen (secondary N) is 1. The summed E-state index contributed by atoms with van der Waals surface area (Å²) in [5.41, 5.74) is 7.79. The second-order valence-corrected chi connectivity index (χ2v) is 18.0. The number of carbonyl (C=O) groups is 2. The van der Waals surface area contributed by atoms with Gasteiger partial charge in [-0.3, -0.25) is 4.79 Å². The molecule has 2 aliphatic heterocycles. The fourth-order valence-corrected chi connectivity index (χ4v) is 8.74. The van der Waals surface area contributed by atoms with E-state index in [0.29, 0.717) is 19.3 Å². The van der Waals surface area contributed by atoms with Crippen LogP contribution in [0.5, 0.6) is 0 Å². The lowest BCUT2D eigenvalue weighted by molar-refractivity contribution is -0.301. The summed E-state index contributed by atoms with van der Waals surface area (Å²) in [6.07, 6.45) is 5.50. The van der Waals surface area contributed by atoms with Gasteiger partial charge < -0.3 is 34.0 Å². The van der Waals surface area contributed by atoms with Crippen LogP contribution in [-0.2, 0) is 36.8 Å². The molecule has 5 aromatic rings. The Morgan fingerprint density at radius 3 is 2.15 bits per heavy atom. The van der Waals surface area contributed by atoms with Gasteiger partial charge in [-0.15, -0.1) is 0 Å². The molecule has 61 heavy (non-hydrogen) atoms. The van der Waals surface area contributed by atoms with Crippen molar-refractivity contribution in [3.8, 4) is 22.4 Å². The number of esters is 1. The van der Waals surface area contributed by atoms with Gasteiger partial charge in [0.2, 0.25) is 0 Å². The molecule has 0 amide bonds. The minimum atomic E-state index is -0.820. The number of piperidine rings is 1. The molecule has 7 rings (SSSR count). The molecular weight excluding hydrogens is 768 g/mol. The second-order valence-electron chi connectivity index (χ2n) is 18.0. The number of nitrogens with zero attached hydrogens (tertiary/aromatic N) is 1. The summed E-state index contributed by atoms with van der Waals surface area (Å²) in [5.74, 6) is -0.174. The van der Waals surface area contributed by atoms with E-state index in [1.807, 2.05) is 46.8 Å². The lowest BCUT2D eigenvalue weighted by Crippen LogP contribution is -2.46. The molecule has 2 atom stereocenters. The largest absolute Gasteiger partial charge is 0.460 e. The first kappa shape index (κ1) is 47.4. The number of aromatic nitrogens is 1. The van der Waals surface area contributed by atoms with Gasteiger partial charge in [-0.25, -0.2) is 4.39 Å². The van der Waals surface area contributed by atoms with Crippen molar-refractivity contribution in [1.29, 1.82) is 0 Å². The number of fused-ring (bicyclic) bond motifs is 1. The third kappa shape index (κ3) is 13.9. The van der Waals surface area contributed by atoms with E-state index in [0.717, 1.165) is 29.2 Å². The van der Waals surface area contributed by atoms with Gasteiger partial charge in [0, 0.05) is 24.2 Å². The summed E-state index contributed by atoms with van der Waals surface area (Å²) in [6.45, 7) is 18.8. The number of halogens is 1. The predicted molar refractivity (Wildman–Crippen MR) is 244 cm³/mol. The molecule has 328 valence electrons. The molecule has 8 nitrogen and oxygen atoms in total. The predicted octanol–water partition coefficient (Wildman–Crippen LogP) is 11.0. The third-order valence-corrected chi connectivity index (χ3v) is 11.1. The lowest BCUT2D eigenvalue weighted by atomic mass is 9.91. The molecule has 2 fully saturated rings. The number of hydrogen-bond acceptors (Lipinski definition) is 7. The van der Waals surface area contributed by atoms with Gasteiger partial charge in [-0.2, -0.15) is 0 Å². The van der Waals surface area contributed by atoms with Crippen molar-refractivity contribution in [2.24, 2.45) is 5.92 Å². The fraction of sp³-hybridized carbons (Fsp3) is 0.462. The zero-order valence-corrected chi connectivity index (χ0v) is 37.5. The van der Waals surface area contributed by atoms with Gasteiger partial charge in [0.25, 0.3) is 0 Å². The summed E-state index contributed by atoms with van der Waals surface area (Å²) in [5, 5.41) is 13.3. The summed E-state index contributed by atoms with van der Waals surface area (Å²) >= 11 is 0. The van der Waals surface area contributed by atoms with E-state index in [1.54, 1.807) is 0 Å². The number of rotatable bonds is 11. The van der Waals surface area contributed by atoms with Gasteiger partial charge in [0.15, 0.2) is 5.79 Å². The Bertz CT molecular complexity index is 2150. The van der Waals surface area contributed by atoms with Crippen molar-refractivity contribution in [1.82, 2.24) is 9.88 Å². The minimum Gasteiger partial charge on any atom is -0.460 e. The first-order valence-electron chi connectivity index (χ1n) is 21.9. The molecule has 1 aromatic heterocycles. The number of aliphatic hydroxyl groups is 1. The Morgan fingerprint density at radius 2 is 1.52 bits per heavy atom. The van der Waals surface area contributed by atoms with Crippen LogP contribution in [0.25, 0.3) is 33.2 Å². The average molecular weight is 835 g/mol. The molecule has 0 unspecified atom stereocenters. The molecule has 0 spiro atoms. The van der Waals surface area contributed by atoms with Crippen LogP contribution >= 0.6 is 0 Å². The minimum absolute atomic E-state index is 0.112. The molecule has 0 saturated carbocycles. The number of hydrogen-bond donors (Lipinski definition) is 2. The smallest absolute Gasteiger partial charge is 0.308 e. The van der Waals surface area contributed by atoms with Crippen LogP contribution in [0.1, 0.15) is 103 Å². The van der Waals surface area contributed by atoms with E-state index in [-0.39, 0.29) is 42.9 Å². The van der Waals surface area contributed by atoms with Crippen molar-refractivity contribution in [2.75, 3.05) is 19.7 Å². The van der Waals surface area contributed by atoms with Crippen LogP contribution in [0.15, 0.2) is 97.1 Å². The quantitative estimate of drug-likeness (QED) is 0.101. The third-order valence-electron chi connectivity index (χ3n) is 11.1. The maximum atomic E-state index is 14.1. The van der Waals surface area contributed by atoms with Crippen molar-refractivity contribution in [3.63, 3.8) is 0 Å². The maximum Gasteiger partial charge on any atom is 0.308 e. The van der Waals surface area contributed by atoms with Crippen molar-refractivity contribution >= 4 is 23.0 Å². The van der Waals surface area contributed by atoms with Crippen LogP contribution in [0.3, 0.4) is 0 Å². The number of ether oxygens (including phenoxy) is 3. The van der Waals surface area contributed by atoms with E-state index in [1.165, 1.54) is 77.6 Å². The Kier molecular flexibility index (Phi) is 17.0. The van der Waals surface area contributed by atoms with E-state index < -0.39 is 11.4 Å². The van der Waals surface area contributed by atoms with Gasteiger partial charge in [-0.05, 0) is 156 Å². The number of carbonyl (C=O) groups excluding carboxylic acids is 2. The molecule has 0 radical (unpaired) electrons. The summed E-state index contributed by atoms with van der Waals surface area (Å²) in [4.78, 5) is 21.6. The highest BCUT2D eigenvalue weighted by Gasteiger charge is 2.37. The Morgan fingerprint density at radius 1 is 0.918 bits per heavy atom. The molecule has 4 aromatic carbocycles. The first-order valence-corrected chi connectivity index (χ1v) is 21.9. The van der Waals surface area contributed by atoms with Crippen LogP contribution in [0.4, 0.5) is 4.39 Å². The van der Waals surface area contributed by atoms with Gasteiger partial charge in [-0.1, -0.05) is 80.6 Å². The number of benzene rings is 4. The monoisotopic (exact) mass is 834 g/mol. The summed E-state index contributed by atoms with van der Waals surface area (Å²) in [6, 6.07) is 32.7. The maximum absolute atomic E-state index is 14.1. The SMILES string of the molecule is Cc1c(-c2ccc3ccccc3c2)c(-c2ccc(F)cc2)n(CC[C@@H]2C[C@H](CC(=O)OC(C)(C)C)OC(C)(C)O2)c1C(C)C.O=CCO.c1ccc(CC2CCNCC2)cc1. The van der Waals surface area contributed by atoms with Gasteiger partial charge >= 0.3 is 5.97 Å². The van der Waals surface area contributed by atoms with Crippen molar-refractivity contribution in [3.05, 3.63) is 120 Å². The molecule has 2 N–H and O–H groups in total. The van der Waals surface area contributed by atoms with E-state index in [2.05, 4.69) is 103 Å². The highest BCUT2D eigenvalue weighted by Crippen LogP contribution is 2.43. The van der Waals surface area contributed by atoms with Gasteiger partial charge in [0.05, 0.1) is 30.9 Å². The Hall–Kier alpha value is -4.67. The highest BCUT2D eigenvalue weighted by molar-refractivity contribution is 5.92. The second kappa shape index (κ2) is 21.9. The molecular formula is C52H67FN2O6. The van der Waals surface area contributed by atoms with Crippen molar-refractivity contribution in [2.45, 2.75) is 130 Å².